The van der Waals surface area contributed by atoms with Crippen LogP contribution in [0.2, 0.25) is 0 Å². The number of aryl methyl sites for hydroxylation is 1. The van der Waals surface area contributed by atoms with E-state index >= 15 is 0 Å². The van der Waals surface area contributed by atoms with E-state index in [-0.39, 0.29) is 30.5 Å². The molecule has 1 atom stereocenters. The molecule has 1 aliphatic rings. The van der Waals surface area contributed by atoms with Gasteiger partial charge >= 0.3 is 5.97 Å². The van der Waals surface area contributed by atoms with Crippen LogP contribution in [0.15, 0.2) is 12.1 Å². The number of carbonyl (C=O) groups is 3. The highest BCUT2D eigenvalue weighted by Gasteiger charge is 2.37. The predicted molar refractivity (Wildman–Crippen MR) is 89.1 cm³/mol. The number of fused-ring (bicyclic) bond motifs is 1. The second-order valence-electron chi connectivity index (χ2n) is 7.20. The van der Waals surface area contributed by atoms with Crippen molar-refractivity contribution in [2.24, 2.45) is 5.73 Å². The van der Waals surface area contributed by atoms with Crippen LogP contribution < -0.4 is 5.73 Å². The van der Waals surface area contributed by atoms with E-state index in [1.807, 2.05) is 0 Å². The number of carbonyl (C=O) groups excluding carboxylic acids is 3. The summed E-state index contributed by atoms with van der Waals surface area (Å²) in [5.41, 5.74) is 5.69. The highest BCUT2D eigenvalue weighted by Crippen LogP contribution is 2.29. The van der Waals surface area contributed by atoms with Crippen molar-refractivity contribution in [3.63, 3.8) is 0 Å². The molecule has 2 N–H and O–H groups in total. The van der Waals surface area contributed by atoms with E-state index < -0.39 is 35.2 Å². The van der Waals surface area contributed by atoms with Crippen LogP contribution in [0.1, 0.15) is 55.1 Å². The molecule has 2 amide bonds. The number of halogens is 1. The molecule has 0 bridgehead atoms. The molecule has 0 spiro atoms. The third kappa shape index (κ3) is 4.15. The van der Waals surface area contributed by atoms with E-state index in [9.17, 15) is 18.8 Å². The summed E-state index contributed by atoms with van der Waals surface area (Å²) in [6.07, 6.45) is -0.0307. The van der Waals surface area contributed by atoms with Crippen molar-refractivity contribution >= 4 is 17.8 Å². The summed E-state index contributed by atoms with van der Waals surface area (Å²) in [7, 11) is 0. The average molecular weight is 350 g/mol. The summed E-state index contributed by atoms with van der Waals surface area (Å²) in [5, 5.41) is 0. The summed E-state index contributed by atoms with van der Waals surface area (Å²) in [6.45, 7) is 6.78. The van der Waals surface area contributed by atoms with Gasteiger partial charge in [-0.1, -0.05) is 6.07 Å². The smallest absolute Gasteiger partial charge is 0.306 e. The van der Waals surface area contributed by atoms with Gasteiger partial charge in [0.1, 0.15) is 17.5 Å². The number of primary amides is 1. The molecule has 0 aromatic heterocycles. The molecule has 1 aromatic rings. The van der Waals surface area contributed by atoms with Gasteiger partial charge in [-0.2, -0.15) is 0 Å². The maximum atomic E-state index is 14.2. The molecular weight excluding hydrogens is 327 g/mol. The lowest BCUT2D eigenvalue weighted by Gasteiger charge is -2.25. The minimum atomic E-state index is -0.993. The Morgan fingerprint density at radius 2 is 2.00 bits per heavy atom. The minimum absolute atomic E-state index is 0.0323. The first-order valence-corrected chi connectivity index (χ1v) is 8.11. The van der Waals surface area contributed by atoms with Gasteiger partial charge in [0.15, 0.2) is 0 Å². The Bertz CT molecular complexity index is 725. The lowest BCUT2D eigenvalue weighted by molar-refractivity contribution is -0.155. The molecule has 7 heteroatoms. The van der Waals surface area contributed by atoms with Crippen LogP contribution in [0.3, 0.4) is 0 Å². The highest BCUT2D eigenvalue weighted by molar-refractivity contribution is 6.01. The second kappa shape index (κ2) is 6.82. The fourth-order valence-electron chi connectivity index (χ4n) is 2.84. The Labute approximate surface area is 146 Å². The first kappa shape index (κ1) is 18.9. The summed E-state index contributed by atoms with van der Waals surface area (Å²) < 4.78 is 19.4. The third-order valence-electron chi connectivity index (χ3n) is 4.00. The van der Waals surface area contributed by atoms with Gasteiger partial charge in [0.05, 0.1) is 6.54 Å². The van der Waals surface area contributed by atoms with Crippen molar-refractivity contribution < 1.29 is 23.5 Å². The van der Waals surface area contributed by atoms with Gasteiger partial charge in [-0.25, -0.2) is 4.39 Å². The Kier molecular flexibility index (Phi) is 5.15. The Morgan fingerprint density at radius 3 is 2.56 bits per heavy atom. The van der Waals surface area contributed by atoms with Crippen LogP contribution in [0, 0.1) is 12.7 Å². The molecule has 0 radical (unpaired) electrons. The first-order chi connectivity index (χ1) is 11.5. The number of hydrogen-bond acceptors (Lipinski definition) is 4. The van der Waals surface area contributed by atoms with E-state index in [4.69, 9.17) is 10.5 Å². The molecule has 2 rings (SSSR count). The molecule has 6 nitrogen and oxygen atoms in total. The predicted octanol–water partition coefficient (Wildman–Crippen LogP) is 2.07. The number of nitrogens with zero attached hydrogens (tertiary/aromatic N) is 1. The average Bonchev–Trinajstić information content (AvgIpc) is 2.79. The van der Waals surface area contributed by atoms with E-state index in [1.165, 1.54) is 11.0 Å². The van der Waals surface area contributed by atoms with Gasteiger partial charge in [0, 0.05) is 17.5 Å². The van der Waals surface area contributed by atoms with Gasteiger partial charge in [0.25, 0.3) is 5.91 Å². The van der Waals surface area contributed by atoms with Crippen LogP contribution in [0.25, 0.3) is 0 Å². The molecule has 136 valence electrons. The zero-order valence-corrected chi connectivity index (χ0v) is 14.9. The van der Waals surface area contributed by atoms with Crippen LogP contribution in [-0.2, 0) is 20.9 Å². The zero-order valence-electron chi connectivity index (χ0n) is 14.9. The zero-order chi connectivity index (χ0) is 18.9. The molecule has 0 saturated carbocycles. The van der Waals surface area contributed by atoms with Gasteiger partial charge in [0.2, 0.25) is 5.91 Å². The quantitative estimate of drug-likeness (QED) is 0.823. The lowest BCUT2D eigenvalue weighted by Crippen LogP contribution is -2.45. The Morgan fingerprint density at radius 1 is 1.36 bits per heavy atom. The molecule has 0 fully saturated rings. The molecule has 1 unspecified atom stereocenters. The van der Waals surface area contributed by atoms with Crippen LogP contribution in [0.4, 0.5) is 4.39 Å². The van der Waals surface area contributed by atoms with E-state index in [0.717, 1.165) is 0 Å². The van der Waals surface area contributed by atoms with Gasteiger partial charge in [-0.15, -0.1) is 0 Å². The molecule has 1 aromatic carbocycles. The normalized spacial score (nSPS) is 15.1. The van der Waals surface area contributed by atoms with E-state index in [0.29, 0.717) is 5.56 Å². The maximum absolute atomic E-state index is 14.2. The number of amides is 2. The number of rotatable bonds is 5. The van der Waals surface area contributed by atoms with E-state index in [1.54, 1.807) is 33.8 Å². The van der Waals surface area contributed by atoms with Crippen LogP contribution >= 0.6 is 0 Å². The summed E-state index contributed by atoms with van der Waals surface area (Å²) >= 11 is 0. The van der Waals surface area contributed by atoms with Crippen molar-refractivity contribution in [3.8, 4) is 0 Å². The number of benzene rings is 1. The SMILES string of the molecule is Cc1ccc2c(c1F)CN(C(CCC(=O)OC(C)(C)C)C(N)=O)C2=O. The summed E-state index contributed by atoms with van der Waals surface area (Å²) in [4.78, 5) is 37.4. The van der Waals surface area contributed by atoms with Crippen molar-refractivity contribution in [1.29, 1.82) is 0 Å². The maximum Gasteiger partial charge on any atom is 0.306 e. The summed E-state index contributed by atoms with van der Waals surface area (Å²) in [5.74, 6) is -2.13. The molecule has 1 aliphatic heterocycles. The minimum Gasteiger partial charge on any atom is -0.460 e. The lowest BCUT2D eigenvalue weighted by atomic mass is 10.1. The van der Waals surface area contributed by atoms with E-state index in [2.05, 4.69) is 0 Å². The van der Waals surface area contributed by atoms with Gasteiger partial charge in [-0.05, 0) is 45.7 Å². The van der Waals surface area contributed by atoms with Crippen LogP contribution in [0.5, 0.6) is 0 Å². The standard InChI is InChI=1S/C18H23FN2O4/c1-10-5-6-11-12(15(10)19)9-21(17(11)24)13(16(20)23)7-8-14(22)25-18(2,3)4/h5-6,13H,7-9H2,1-4H3,(H2,20,23). The van der Waals surface area contributed by atoms with Crippen molar-refractivity contribution in [1.82, 2.24) is 4.90 Å². The highest BCUT2D eigenvalue weighted by atomic mass is 19.1. The molecule has 1 heterocycles. The fraction of sp³-hybridized carbons (Fsp3) is 0.500. The first-order valence-electron chi connectivity index (χ1n) is 8.11. The molecule has 25 heavy (non-hydrogen) atoms. The second-order valence-corrected chi connectivity index (χ2v) is 7.20. The van der Waals surface area contributed by atoms with Crippen molar-refractivity contribution in [2.45, 2.75) is 58.7 Å². The number of ether oxygens (including phenoxy) is 1. The molecule has 0 aliphatic carbocycles. The molecular formula is C18H23FN2O4. The Hall–Kier alpha value is -2.44. The molecule has 0 saturated heterocycles. The number of nitrogens with two attached hydrogens (primary N) is 1. The van der Waals surface area contributed by atoms with Crippen molar-refractivity contribution in [3.05, 3.63) is 34.6 Å². The largest absolute Gasteiger partial charge is 0.460 e. The Balaban J connectivity index is 2.14. The van der Waals surface area contributed by atoms with Crippen LogP contribution in [-0.4, -0.2) is 34.3 Å². The topological polar surface area (TPSA) is 89.7 Å². The third-order valence-corrected chi connectivity index (χ3v) is 4.00. The van der Waals surface area contributed by atoms with Gasteiger partial charge < -0.3 is 15.4 Å². The fourth-order valence-corrected chi connectivity index (χ4v) is 2.84. The number of esters is 1. The summed E-state index contributed by atoms with van der Waals surface area (Å²) in [6, 6.07) is 2.07. The number of hydrogen-bond donors (Lipinski definition) is 1. The van der Waals surface area contributed by atoms with Gasteiger partial charge in [-0.3, -0.25) is 14.4 Å². The van der Waals surface area contributed by atoms with Crippen molar-refractivity contribution in [2.75, 3.05) is 0 Å². The monoisotopic (exact) mass is 350 g/mol.